The van der Waals surface area contributed by atoms with Crippen LogP contribution in [0.2, 0.25) is 5.02 Å². The minimum absolute atomic E-state index is 0.112. The van der Waals surface area contributed by atoms with E-state index in [2.05, 4.69) is 5.32 Å². The molecule has 0 unspecified atom stereocenters. The molecule has 7 heteroatoms. The molecule has 0 radical (unpaired) electrons. The quantitative estimate of drug-likeness (QED) is 0.390. The first kappa shape index (κ1) is 25.7. The fraction of sp³-hybridized carbons (Fsp3) is 0.310. The summed E-state index contributed by atoms with van der Waals surface area (Å²) < 4.78 is 19.3. The van der Waals surface area contributed by atoms with E-state index in [1.807, 2.05) is 30.3 Å². The molecular weight excluding hydrogens is 479 g/mol. The van der Waals surface area contributed by atoms with Crippen molar-refractivity contribution in [3.05, 3.63) is 101 Å². The van der Waals surface area contributed by atoms with Gasteiger partial charge in [0.1, 0.15) is 17.6 Å². The first-order valence-electron chi connectivity index (χ1n) is 12.2. The zero-order valence-electron chi connectivity index (χ0n) is 20.0. The van der Waals surface area contributed by atoms with Crippen molar-refractivity contribution in [1.82, 2.24) is 10.2 Å². The second-order valence-electron chi connectivity index (χ2n) is 9.09. The van der Waals surface area contributed by atoms with Crippen molar-refractivity contribution in [1.29, 1.82) is 0 Å². The average Bonchev–Trinajstić information content (AvgIpc) is 3.39. The number of rotatable bonds is 10. The summed E-state index contributed by atoms with van der Waals surface area (Å²) in [5.74, 6) is -0.431. The van der Waals surface area contributed by atoms with Gasteiger partial charge in [0, 0.05) is 24.0 Å². The Morgan fingerprint density at radius 1 is 0.972 bits per heavy atom. The molecule has 1 atom stereocenters. The zero-order chi connectivity index (χ0) is 25.3. The second-order valence-corrected chi connectivity index (χ2v) is 9.53. The van der Waals surface area contributed by atoms with Crippen LogP contribution in [0.5, 0.6) is 5.75 Å². The smallest absolute Gasteiger partial charge is 0.261 e. The summed E-state index contributed by atoms with van der Waals surface area (Å²) >= 11 is 6.05. The maximum absolute atomic E-state index is 13.6. The standard InChI is InChI=1S/C29H30ClFN2O3/c30-23-9-6-12-26(18-23)36-20-28(34)33(19-22-13-15-24(31)16-14-22)27(17-21-7-2-1-3-8-21)29(35)32-25-10-4-5-11-25/h1-3,6-9,12-16,18,25,27H,4-5,10-11,17,19-20H2,(H,32,35)/t27-/m0/s1. The highest BCUT2D eigenvalue weighted by atomic mass is 35.5. The third-order valence-electron chi connectivity index (χ3n) is 6.40. The Morgan fingerprint density at radius 3 is 2.39 bits per heavy atom. The second kappa shape index (κ2) is 12.5. The van der Waals surface area contributed by atoms with Gasteiger partial charge in [-0.1, -0.05) is 73.0 Å². The van der Waals surface area contributed by atoms with Crippen molar-refractivity contribution >= 4 is 23.4 Å². The lowest BCUT2D eigenvalue weighted by molar-refractivity contribution is -0.143. The number of nitrogens with one attached hydrogen (secondary N) is 1. The molecule has 0 aliphatic heterocycles. The monoisotopic (exact) mass is 508 g/mol. The normalized spacial score (nSPS) is 14.3. The number of hydrogen-bond acceptors (Lipinski definition) is 3. The van der Waals surface area contributed by atoms with Gasteiger partial charge in [0.2, 0.25) is 5.91 Å². The summed E-state index contributed by atoms with van der Waals surface area (Å²) in [6.07, 6.45) is 4.39. The molecule has 0 saturated heterocycles. The number of hydrogen-bond donors (Lipinski definition) is 1. The Bertz CT molecular complexity index is 1150. The molecule has 1 fully saturated rings. The highest BCUT2D eigenvalue weighted by molar-refractivity contribution is 6.30. The highest BCUT2D eigenvalue weighted by Crippen LogP contribution is 2.21. The van der Waals surface area contributed by atoms with E-state index in [1.54, 1.807) is 36.4 Å². The molecule has 3 aromatic carbocycles. The van der Waals surface area contributed by atoms with E-state index in [-0.39, 0.29) is 36.8 Å². The van der Waals surface area contributed by atoms with E-state index in [9.17, 15) is 14.0 Å². The summed E-state index contributed by atoms with van der Waals surface area (Å²) in [7, 11) is 0. The summed E-state index contributed by atoms with van der Waals surface area (Å²) in [6.45, 7) is -0.114. The minimum atomic E-state index is -0.756. The van der Waals surface area contributed by atoms with Crippen molar-refractivity contribution in [2.45, 2.75) is 50.7 Å². The number of carbonyl (C=O) groups is 2. The molecule has 5 nitrogen and oxygen atoms in total. The van der Waals surface area contributed by atoms with Gasteiger partial charge in [-0.3, -0.25) is 9.59 Å². The van der Waals surface area contributed by atoms with Crippen LogP contribution < -0.4 is 10.1 Å². The van der Waals surface area contributed by atoms with Crippen molar-refractivity contribution in [3.63, 3.8) is 0 Å². The number of halogens is 2. The van der Waals surface area contributed by atoms with E-state index in [1.165, 1.54) is 17.0 Å². The molecule has 1 N–H and O–H groups in total. The number of benzene rings is 3. The zero-order valence-corrected chi connectivity index (χ0v) is 20.8. The first-order valence-corrected chi connectivity index (χ1v) is 12.6. The highest BCUT2D eigenvalue weighted by Gasteiger charge is 2.32. The number of carbonyl (C=O) groups excluding carboxylic acids is 2. The molecule has 1 saturated carbocycles. The molecule has 2 amide bonds. The third-order valence-corrected chi connectivity index (χ3v) is 6.63. The fourth-order valence-corrected chi connectivity index (χ4v) is 4.67. The van der Waals surface area contributed by atoms with E-state index < -0.39 is 6.04 Å². The largest absolute Gasteiger partial charge is 0.484 e. The first-order chi connectivity index (χ1) is 17.5. The van der Waals surface area contributed by atoms with Crippen LogP contribution in [0.15, 0.2) is 78.9 Å². The van der Waals surface area contributed by atoms with Gasteiger partial charge in [-0.15, -0.1) is 0 Å². The van der Waals surface area contributed by atoms with E-state index in [4.69, 9.17) is 16.3 Å². The molecule has 0 bridgehead atoms. The van der Waals surface area contributed by atoms with Crippen LogP contribution in [-0.2, 0) is 22.6 Å². The maximum atomic E-state index is 13.6. The molecule has 36 heavy (non-hydrogen) atoms. The molecule has 1 aliphatic carbocycles. The summed E-state index contributed by atoms with van der Waals surface area (Å²) in [5, 5.41) is 3.66. The molecule has 0 heterocycles. The molecule has 188 valence electrons. The Labute approximate surface area is 216 Å². The van der Waals surface area contributed by atoms with E-state index in [0.717, 1.165) is 36.8 Å². The van der Waals surface area contributed by atoms with Crippen LogP contribution in [-0.4, -0.2) is 35.4 Å². The van der Waals surface area contributed by atoms with Gasteiger partial charge in [-0.25, -0.2) is 4.39 Å². The van der Waals surface area contributed by atoms with Gasteiger partial charge in [0.15, 0.2) is 6.61 Å². The SMILES string of the molecule is O=C(NC1CCCC1)[C@H](Cc1ccccc1)N(Cc1ccc(F)cc1)C(=O)COc1cccc(Cl)c1. The third kappa shape index (κ3) is 7.31. The number of nitrogens with zero attached hydrogens (tertiary/aromatic N) is 1. The minimum Gasteiger partial charge on any atom is -0.484 e. The molecule has 0 spiro atoms. The van der Waals surface area contributed by atoms with Crippen molar-refractivity contribution in [2.75, 3.05) is 6.61 Å². The lowest BCUT2D eigenvalue weighted by atomic mass is 10.0. The van der Waals surface area contributed by atoms with Crippen LogP contribution in [0.25, 0.3) is 0 Å². The fourth-order valence-electron chi connectivity index (χ4n) is 4.49. The van der Waals surface area contributed by atoms with Crippen LogP contribution in [0.1, 0.15) is 36.8 Å². The van der Waals surface area contributed by atoms with Crippen molar-refractivity contribution in [3.8, 4) is 5.75 Å². The molecular formula is C29H30ClFN2O3. The van der Waals surface area contributed by atoms with Gasteiger partial charge >= 0.3 is 0 Å². The van der Waals surface area contributed by atoms with E-state index in [0.29, 0.717) is 17.2 Å². The molecule has 4 rings (SSSR count). The Morgan fingerprint density at radius 2 is 1.69 bits per heavy atom. The topological polar surface area (TPSA) is 58.6 Å². The van der Waals surface area contributed by atoms with Gasteiger partial charge in [-0.05, 0) is 54.3 Å². The van der Waals surface area contributed by atoms with Gasteiger partial charge in [-0.2, -0.15) is 0 Å². The van der Waals surface area contributed by atoms with Crippen LogP contribution in [0.4, 0.5) is 4.39 Å². The van der Waals surface area contributed by atoms with Crippen LogP contribution in [0.3, 0.4) is 0 Å². The van der Waals surface area contributed by atoms with Crippen molar-refractivity contribution in [2.24, 2.45) is 0 Å². The Balaban J connectivity index is 1.60. The Kier molecular flexibility index (Phi) is 8.95. The van der Waals surface area contributed by atoms with Crippen LogP contribution in [0, 0.1) is 5.82 Å². The predicted octanol–water partition coefficient (Wildman–Crippen LogP) is 5.56. The average molecular weight is 509 g/mol. The van der Waals surface area contributed by atoms with Crippen LogP contribution >= 0.6 is 11.6 Å². The summed E-state index contributed by atoms with van der Waals surface area (Å²) in [5.41, 5.74) is 1.66. The number of ether oxygens (including phenoxy) is 1. The lowest BCUT2D eigenvalue weighted by Crippen LogP contribution is -2.53. The molecule has 0 aromatic heterocycles. The van der Waals surface area contributed by atoms with E-state index >= 15 is 0 Å². The summed E-state index contributed by atoms with van der Waals surface area (Å²) in [6, 6.07) is 21.8. The molecule has 3 aromatic rings. The van der Waals surface area contributed by atoms with Crippen molar-refractivity contribution < 1.29 is 18.7 Å². The maximum Gasteiger partial charge on any atom is 0.261 e. The molecule has 1 aliphatic rings. The number of amides is 2. The summed E-state index contributed by atoms with van der Waals surface area (Å²) in [4.78, 5) is 28.7. The van der Waals surface area contributed by atoms with Gasteiger partial charge in [0.05, 0.1) is 0 Å². The predicted molar refractivity (Wildman–Crippen MR) is 138 cm³/mol. The van der Waals surface area contributed by atoms with Gasteiger partial charge < -0.3 is 15.0 Å². The van der Waals surface area contributed by atoms with Gasteiger partial charge in [0.25, 0.3) is 5.91 Å². The lowest BCUT2D eigenvalue weighted by Gasteiger charge is -2.32. The Hall–Kier alpha value is -3.38.